The van der Waals surface area contributed by atoms with Crippen LogP contribution in [0.5, 0.6) is 0 Å². The van der Waals surface area contributed by atoms with Gasteiger partial charge in [0, 0.05) is 44.5 Å². The molecule has 2 rings (SSSR count). The van der Waals surface area contributed by atoms with E-state index in [1.165, 1.54) is 18.1 Å². The second-order valence-electron chi connectivity index (χ2n) is 8.09. The fourth-order valence-corrected chi connectivity index (χ4v) is 3.30. The van der Waals surface area contributed by atoms with E-state index < -0.39 is 29.9 Å². The molecule has 1 fully saturated rings. The third kappa shape index (κ3) is 5.09. The van der Waals surface area contributed by atoms with Crippen LogP contribution in [-0.4, -0.2) is 56.7 Å². The molecule has 1 aromatic rings. The Morgan fingerprint density at radius 2 is 1.86 bits per heavy atom. The molecule has 1 aromatic heterocycles. The number of aliphatic hydroxyl groups is 1. The Hall–Kier alpha value is -2.10. The van der Waals surface area contributed by atoms with E-state index in [0.29, 0.717) is 12.8 Å². The summed E-state index contributed by atoms with van der Waals surface area (Å²) in [5.41, 5.74) is -3.37. The lowest BCUT2D eigenvalue weighted by molar-refractivity contribution is -0.272. The molecule has 2 N–H and O–H groups in total. The van der Waals surface area contributed by atoms with Crippen molar-refractivity contribution in [2.75, 3.05) is 13.1 Å². The molecule has 0 aliphatic carbocycles. The molecule has 0 aromatic carbocycles. The molecule has 10 heteroatoms. The molecule has 0 spiro atoms. The number of imidazole rings is 1. The highest BCUT2D eigenvalue weighted by molar-refractivity contribution is 5.80. The molecule has 164 valence electrons. The van der Waals surface area contributed by atoms with Gasteiger partial charge >= 0.3 is 6.18 Å². The van der Waals surface area contributed by atoms with Crippen molar-refractivity contribution >= 4 is 11.8 Å². The molecule has 2 unspecified atom stereocenters. The zero-order valence-electron chi connectivity index (χ0n) is 17.2. The number of alkyl halides is 3. The summed E-state index contributed by atoms with van der Waals surface area (Å²) in [5.74, 6) is -1.54. The van der Waals surface area contributed by atoms with Crippen LogP contribution in [0.3, 0.4) is 0 Å². The van der Waals surface area contributed by atoms with Gasteiger partial charge in [-0.25, -0.2) is 4.98 Å². The number of carbonyl (C=O) groups is 2. The minimum absolute atomic E-state index is 0.0155. The van der Waals surface area contributed by atoms with Crippen molar-refractivity contribution in [1.29, 1.82) is 0 Å². The summed E-state index contributed by atoms with van der Waals surface area (Å²) in [4.78, 5) is 29.7. The Kier molecular flexibility index (Phi) is 6.97. The average Bonchev–Trinajstić information content (AvgIpc) is 3.07. The van der Waals surface area contributed by atoms with E-state index in [0.717, 1.165) is 10.8 Å². The number of piperidine rings is 1. The predicted octanol–water partition coefficient (Wildman–Crippen LogP) is 1.96. The summed E-state index contributed by atoms with van der Waals surface area (Å²) in [7, 11) is 1.33. The first-order valence-electron chi connectivity index (χ1n) is 9.72. The van der Waals surface area contributed by atoms with Gasteiger partial charge in [0.25, 0.3) is 0 Å². The van der Waals surface area contributed by atoms with E-state index in [1.807, 2.05) is 20.8 Å². The fraction of sp³-hybridized carbons (Fsp3) is 0.737. The van der Waals surface area contributed by atoms with Crippen molar-refractivity contribution in [3.63, 3.8) is 0 Å². The summed E-state index contributed by atoms with van der Waals surface area (Å²) in [6.45, 7) is 6.24. The number of amides is 2. The van der Waals surface area contributed by atoms with E-state index in [4.69, 9.17) is 0 Å². The van der Waals surface area contributed by atoms with Gasteiger partial charge in [0.2, 0.25) is 17.4 Å². The van der Waals surface area contributed by atoms with Crippen LogP contribution >= 0.6 is 0 Å². The van der Waals surface area contributed by atoms with Gasteiger partial charge in [0.1, 0.15) is 0 Å². The quantitative estimate of drug-likeness (QED) is 0.739. The first-order valence-corrected chi connectivity index (χ1v) is 9.72. The molecule has 0 bridgehead atoms. The Morgan fingerprint density at radius 3 is 2.31 bits per heavy atom. The maximum atomic E-state index is 13.6. The maximum absolute atomic E-state index is 13.6. The van der Waals surface area contributed by atoms with E-state index >= 15 is 0 Å². The maximum Gasteiger partial charge on any atom is 0.425 e. The zero-order valence-corrected chi connectivity index (χ0v) is 17.2. The molecule has 1 aliphatic heterocycles. The second-order valence-corrected chi connectivity index (χ2v) is 8.09. The molecule has 2 amide bonds. The predicted molar refractivity (Wildman–Crippen MR) is 99.5 cm³/mol. The summed E-state index contributed by atoms with van der Waals surface area (Å²) in [5, 5.41) is 13.3. The molecular formula is C19H29F3N4O3. The smallest absolute Gasteiger partial charge is 0.374 e. The highest BCUT2D eigenvalue weighted by Crippen LogP contribution is 2.41. The van der Waals surface area contributed by atoms with Crippen LogP contribution < -0.4 is 5.32 Å². The van der Waals surface area contributed by atoms with Gasteiger partial charge in [-0.1, -0.05) is 13.8 Å². The Balaban J connectivity index is 2.01. The van der Waals surface area contributed by atoms with E-state index in [9.17, 15) is 27.9 Å². The summed E-state index contributed by atoms with van der Waals surface area (Å²) >= 11 is 0. The van der Waals surface area contributed by atoms with Gasteiger partial charge < -0.3 is 19.9 Å². The molecule has 1 saturated heterocycles. The number of aryl methyl sites for hydroxylation is 1. The Labute approximate surface area is 168 Å². The third-order valence-electron chi connectivity index (χ3n) is 5.66. The molecule has 2 atom stereocenters. The first-order chi connectivity index (χ1) is 13.4. The summed E-state index contributed by atoms with van der Waals surface area (Å²) < 4.78 is 41.9. The number of hydrogen-bond acceptors (Lipinski definition) is 4. The van der Waals surface area contributed by atoms with Crippen LogP contribution in [0.25, 0.3) is 0 Å². The number of aromatic nitrogens is 2. The lowest BCUT2D eigenvalue weighted by Crippen LogP contribution is -2.50. The zero-order chi connectivity index (χ0) is 22.0. The minimum Gasteiger partial charge on any atom is -0.374 e. The molecular weight excluding hydrogens is 389 g/mol. The Morgan fingerprint density at radius 1 is 1.28 bits per heavy atom. The number of rotatable bonds is 6. The van der Waals surface area contributed by atoms with Gasteiger partial charge in [0.15, 0.2) is 5.82 Å². The molecule has 1 aliphatic rings. The number of likely N-dealkylation sites (tertiary alicyclic amines) is 1. The topological polar surface area (TPSA) is 87.5 Å². The van der Waals surface area contributed by atoms with Crippen molar-refractivity contribution in [2.24, 2.45) is 18.9 Å². The average molecular weight is 418 g/mol. The van der Waals surface area contributed by atoms with Crippen LogP contribution in [0.2, 0.25) is 0 Å². The fourth-order valence-electron chi connectivity index (χ4n) is 3.30. The van der Waals surface area contributed by atoms with Crippen molar-refractivity contribution < 1.29 is 27.9 Å². The van der Waals surface area contributed by atoms with Gasteiger partial charge in [-0.15, -0.1) is 0 Å². The first kappa shape index (κ1) is 23.2. The molecule has 2 heterocycles. The van der Waals surface area contributed by atoms with Crippen LogP contribution in [0.15, 0.2) is 12.4 Å². The molecule has 0 saturated carbocycles. The van der Waals surface area contributed by atoms with Crippen LogP contribution in [-0.2, 0) is 22.2 Å². The highest BCUT2D eigenvalue weighted by Gasteiger charge is 2.59. The summed E-state index contributed by atoms with van der Waals surface area (Å²) in [6.07, 6.45) is -3.06. The monoisotopic (exact) mass is 418 g/mol. The number of hydrogen-bond donors (Lipinski definition) is 2. The normalized spacial score (nSPS) is 19.1. The van der Waals surface area contributed by atoms with E-state index in [1.54, 1.807) is 0 Å². The number of carbonyl (C=O) groups excluding carboxylic acids is 2. The SMILES string of the molecule is CC(C)C(C)NC(=O)C1CCN(C(=O)CC(O)(c2nccn2C)C(F)(F)F)CC1. The van der Waals surface area contributed by atoms with Crippen LogP contribution in [0, 0.1) is 11.8 Å². The number of halogens is 3. The molecule has 29 heavy (non-hydrogen) atoms. The van der Waals surface area contributed by atoms with E-state index in [2.05, 4.69) is 10.3 Å². The number of nitrogens with one attached hydrogen (secondary N) is 1. The van der Waals surface area contributed by atoms with Crippen LogP contribution in [0.1, 0.15) is 45.9 Å². The van der Waals surface area contributed by atoms with E-state index in [-0.39, 0.29) is 36.9 Å². The van der Waals surface area contributed by atoms with Crippen molar-refractivity contribution in [1.82, 2.24) is 19.8 Å². The second kappa shape index (κ2) is 8.73. The highest BCUT2D eigenvalue weighted by atomic mass is 19.4. The minimum atomic E-state index is -5.06. The third-order valence-corrected chi connectivity index (χ3v) is 5.66. The lowest BCUT2D eigenvalue weighted by atomic mass is 9.92. The van der Waals surface area contributed by atoms with Gasteiger partial charge in [-0.05, 0) is 25.7 Å². The van der Waals surface area contributed by atoms with Gasteiger partial charge in [0.05, 0.1) is 6.42 Å². The van der Waals surface area contributed by atoms with Gasteiger partial charge in [-0.3, -0.25) is 9.59 Å². The number of nitrogens with zero attached hydrogens (tertiary/aromatic N) is 3. The van der Waals surface area contributed by atoms with Crippen molar-refractivity contribution in [3.05, 3.63) is 18.2 Å². The standard InChI is InChI=1S/C19H29F3N4O3/c1-12(2)13(3)24-16(28)14-5-8-26(9-6-14)15(27)11-18(29,19(20,21)22)17-23-7-10-25(17)4/h7,10,12-14,29H,5-6,8-9,11H2,1-4H3,(H,24,28). The lowest BCUT2D eigenvalue weighted by Gasteiger charge is -2.35. The molecule has 7 nitrogen and oxygen atoms in total. The Bertz CT molecular complexity index is 727. The van der Waals surface area contributed by atoms with Gasteiger partial charge in [-0.2, -0.15) is 13.2 Å². The van der Waals surface area contributed by atoms with Crippen LogP contribution in [0.4, 0.5) is 13.2 Å². The van der Waals surface area contributed by atoms with Crippen molar-refractivity contribution in [2.45, 2.75) is 57.9 Å². The summed E-state index contributed by atoms with van der Waals surface area (Å²) in [6, 6.07) is 0.0155. The van der Waals surface area contributed by atoms with Crippen molar-refractivity contribution in [3.8, 4) is 0 Å². The largest absolute Gasteiger partial charge is 0.425 e. The molecule has 0 radical (unpaired) electrons.